The predicted octanol–water partition coefficient (Wildman–Crippen LogP) is 3.86. The minimum Gasteiger partial charge on any atom is -0.493 e. The molecule has 0 fully saturated rings. The van der Waals surface area contributed by atoms with Crippen molar-refractivity contribution < 1.29 is 23.0 Å². The van der Waals surface area contributed by atoms with Gasteiger partial charge in [-0.25, -0.2) is 0 Å². The average Bonchev–Trinajstić information content (AvgIpc) is 3.22. The lowest BCUT2D eigenvalue weighted by atomic mass is 9.94. The van der Waals surface area contributed by atoms with Gasteiger partial charge >= 0.3 is 6.61 Å². The van der Waals surface area contributed by atoms with Gasteiger partial charge in [0, 0.05) is 16.4 Å². The molecule has 0 saturated heterocycles. The summed E-state index contributed by atoms with van der Waals surface area (Å²) < 4.78 is 36.6. The summed E-state index contributed by atoms with van der Waals surface area (Å²) in [6.07, 6.45) is 0. The Bertz CT molecular complexity index is 1180. The standard InChI is InChI=1S/C20H17ClF2N6O3/c1-10-16(18(30)25-13-6-4-12(21)5-7-13)17(29-20(24-10)26-27-28-29)11-3-8-14(32-19(22)23)15(9-11)31-2/h3-9,17,19H,1-2H3,(H,25,30)(H,24,26,28)/t17-/m1/s1. The highest BCUT2D eigenvalue weighted by atomic mass is 35.5. The molecule has 0 radical (unpaired) electrons. The number of anilines is 2. The van der Waals surface area contributed by atoms with E-state index in [9.17, 15) is 13.6 Å². The molecular formula is C20H17ClF2N6O3. The monoisotopic (exact) mass is 462 g/mol. The first kappa shape index (κ1) is 21.5. The van der Waals surface area contributed by atoms with Gasteiger partial charge in [0.15, 0.2) is 11.5 Å². The number of fused-ring (bicyclic) bond motifs is 1. The third-order valence-corrected chi connectivity index (χ3v) is 5.03. The number of allylic oxidation sites excluding steroid dienone is 1. The second-order valence-electron chi connectivity index (χ2n) is 6.76. The maximum Gasteiger partial charge on any atom is 0.387 e. The number of nitrogens with zero attached hydrogens (tertiary/aromatic N) is 4. The number of rotatable bonds is 6. The number of halogens is 3. The molecular weight excluding hydrogens is 446 g/mol. The maximum absolute atomic E-state index is 13.3. The normalized spacial score (nSPS) is 15.2. The summed E-state index contributed by atoms with van der Waals surface area (Å²) in [7, 11) is 1.33. The SMILES string of the molecule is COc1cc([C@@H]2C(C(=O)Nc3ccc(Cl)cc3)=C(C)Nc3nnnn32)ccc1OC(F)F. The number of alkyl halides is 2. The highest BCUT2D eigenvalue weighted by Gasteiger charge is 2.34. The van der Waals surface area contributed by atoms with Gasteiger partial charge in [0.2, 0.25) is 5.95 Å². The van der Waals surface area contributed by atoms with Gasteiger partial charge in [-0.1, -0.05) is 22.8 Å². The predicted molar refractivity (Wildman–Crippen MR) is 112 cm³/mol. The van der Waals surface area contributed by atoms with E-state index >= 15 is 0 Å². The highest BCUT2D eigenvalue weighted by molar-refractivity contribution is 6.30. The molecule has 32 heavy (non-hydrogen) atoms. The summed E-state index contributed by atoms with van der Waals surface area (Å²) in [5.74, 6) is -0.145. The van der Waals surface area contributed by atoms with Crippen molar-refractivity contribution in [1.82, 2.24) is 20.2 Å². The molecule has 166 valence electrons. The first-order valence-corrected chi connectivity index (χ1v) is 9.70. The topological polar surface area (TPSA) is 103 Å². The van der Waals surface area contributed by atoms with Gasteiger partial charge < -0.3 is 20.1 Å². The zero-order valence-electron chi connectivity index (χ0n) is 16.8. The third-order valence-electron chi connectivity index (χ3n) is 4.78. The first-order valence-electron chi connectivity index (χ1n) is 9.32. The molecule has 0 unspecified atom stereocenters. The number of tetrazole rings is 1. The quantitative estimate of drug-likeness (QED) is 0.573. The molecule has 0 aliphatic carbocycles. The molecule has 1 atom stereocenters. The van der Waals surface area contributed by atoms with E-state index in [0.29, 0.717) is 33.5 Å². The number of aromatic nitrogens is 4. The molecule has 4 rings (SSSR count). The van der Waals surface area contributed by atoms with Crippen LogP contribution in [0.3, 0.4) is 0 Å². The van der Waals surface area contributed by atoms with Crippen LogP contribution in [-0.4, -0.2) is 39.8 Å². The van der Waals surface area contributed by atoms with Crippen LogP contribution < -0.4 is 20.1 Å². The van der Waals surface area contributed by atoms with Crippen LogP contribution in [0.2, 0.25) is 5.02 Å². The Morgan fingerprint density at radius 2 is 1.97 bits per heavy atom. The van der Waals surface area contributed by atoms with E-state index in [1.165, 1.54) is 23.9 Å². The zero-order chi connectivity index (χ0) is 22.8. The smallest absolute Gasteiger partial charge is 0.387 e. The second-order valence-corrected chi connectivity index (χ2v) is 7.20. The third kappa shape index (κ3) is 4.19. The Labute approximate surface area is 186 Å². The maximum atomic E-state index is 13.3. The molecule has 9 nitrogen and oxygen atoms in total. The molecule has 0 spiro atoms. The van der Waals surface area contributed by atoms with E-state index in [1.807, 2.05) is 0 Å². The molecule has 0 bridgehead atoms. The fraction of sp³-hybridized carbons (Fsp3) is 0.200. The van der Waals surface area contributed by atoms with E-state index in [1.54, 1.807) is 37.3 Å². The second kappa shape index (κ2) is 8.79. The van der Waals surface area contributed by atoms with E-state index < -0.39 is 18.6 Å². The summed E-state index contributed by atoms with van der Waals surface area (Å²) in [5, 5.41) is 18.0. The minimum atomic E-state index is -3.01. The van der Waals surface area contributed by atoms with E-state index in [0.717, 1.165) is 0 Å². The molecule has 1 amide bonds. The number of hydrogen-bond acceptors (Lipinski definition) is 7. The summed E-state index contributed by atoms with van der Waals surface area (Å²) in [6.45, 7) is -1.30. The number of methoxy groups -OCH3 is 1. The fourth-order valence-corrected chi connectivity index (χ4v) is 3.52. The van der Waals surface area contributed by atoms with Crippen LogP contribution >= 0.6 is 11.6 Å². The lowest BCUT2D eigenvalue weighted by Crippen LogP contribution is -2.31. The molecule has 2 aromatic carbocycles. The number of ether oxygens (including phenoxy) is 2. The average molecular weight is 463 g/mol. The van der Waals surface area contributed by atoms with Gasteiger partial charge in [-0.05, 0) is 59.3 Å². The molecule has 1 aromatic heterocycles. The van der Waals surface area contributed by atoms with Crippen LogP contribution in [-0.2, 0) is 4.79 Å². The largest absolute Gasteiger partial charge is 0.493 e. The number of hydrogen-bond donors (Lipinski definition) is 2. The van der Waals surface area contributed by atoms with Crippen molar-refractivity contribution in [2.24, 2.45) is 0 Å². The van der Waals surface area contributed by atoms with Crippen LogP contribution in [0.15, 0.2) is 53.7 Å². The van der Waals surface area contributed by atoms with Gasteiger partial charge in [-0.15, -0.1) is 0 Å². The van der Waals surface area contributed by atoms with Crippen molar-refractivity contribution in [3.63, 3.8) is 0 Å². The van der Waals surface area contributed by atoms with Gasteiger partial charge in [0.05, 0.1) is 12.7 Å². The fourth-order valence-electron chi connectivity index (χ4n) is 3.39. The van der Waals surface area contributed by atoms with Crippen molar-refractivity contribution in [1.29, 1.82) is 0 Å². The van der Waals surface area contributed by atoms with Crippen LogP contribution in [0.1, 0.15) is 18.5 Å². The van der Waals surface area contributed by atoms with Gasteiger partial charge in [0.1, 0.15) is 6.04 Å². The Balaban J connectivity index is 1.75. The first-order chi connectivity index (χ1) is 15.4. The lowest BCUT2D eigenvalue weighted by Gasteiger charge is -2.28. The summed E-state index contributed by atoms with van der Waals surface area (Å²) in [6, 6.07) is 10.3. The van der Waals surface area contributed by atoms with Crippen molar-refractivity contribution in [2.45, 2.75) is 19.6 Å². The molecule has 12 heteroatoms. The Kier molecular flexibility index (Phi) is 5.91. The molecule has 3 aromatic rings. The number of carbonyl (C=O) groups is 1. The van der Waals surface area contributed by atoms with Crippen LogP contribution in [0.4, 0.5) is 20.4 Å². The van der Waals surface area contributed by atoms with Gasteiger partial charge in [-0.3, -0.25) is 4.79 Å². The van der Waals surface area contributed by atoms with Crippen molar-refractivity contribution in [3.8, 4) is 11.5 Å². The van der Waals surface area contributed by atoms with Crippen molar-refractivity contribution in [3.05, 3.63) is 64.3 Å². The molecule has 2 heterocycles. The summed E-state index contributed by atoms with van der Waals surface area (Å²) in [5.41, 5.74) is 1.92. The number of benzene rings is 2. The lowest BCUT2D eigenvalue weighted by molar-refractivity contribution is -0.113. The molecule has 1 aliphatic heterocycles. The number of nitrogens with one attached hydrogen (secondary N) is 2. The van der Waals surface area contributed by atoms with E-state index in [2.05, 4.69) is 30.9 Å². The Morgan fingerprint density at radius 1 is 1.22 bits per heavy atom. The molecule has 2 N–H and O–H groups in total. The molecule has 1 aliphatic rings. The minimum absolute atomic E-state index is 0.0751. The van der Waals surface area contributed by atoms with Crippen LogP contribution in [0.5, 0.6) is 11.5 Å². The van der Waals surface area contributed by atoms with Crippen LogP contribution in [0.25, 0.3) is 0 Å². The molecule has 0 saturated carbocycles. The number of amides is 1. The van der Waals surface area contributed by atoms with Crippen molar-refractivity contribution in [2.75, 3.05) is 17.7 Å². The van der Waals surface area contributed by atoms with Gasteiger partial charge in [0.25, 0.3) is 5.91 Å². The van der Waals surface area contributed by atoms with Crippen molar-refractivity contribution >= 4 is 29.1 Å². The van der Waals surface area contributed by atoms with Gasteiger partial charge in [-0.2, -0.15) is 13.5 Å². The van der Waals surface area contributed by atoms with Crippen LogP contribution in [0, 0.1) is 0 Å². The van der Waals surface area contributed by atoms with E-state index in [4.69, 9.17) is 16.3 Å². The Hall–Kier alpha value is -3.73. The number of carbonyl (C=O) groups excluding carboxylic acids is 1. The summed E-state index contributed by atoms with van der Waals surface area (Å²) in [4.78, 5) is 13.3. The Morgan fingerprint density at radius 3 is 2.66 bits per heavy atom. The van der Waals surface area contributed by atoms with E-state index in [-0.39, 0.29) is 11.5 Å². The zero-order valence-corrected chi connectivity index (χ0v) is 17.6. The highest BCUT2D eigenvalue weighted by Crippen LogP contribution is 2.39. The summed E-state index contributed by atoms with van der Waals surface area (Å²) >= 11 is 5.91.